The van der Waals surface area contributed by atoms with Crippen LogP contribution in [-0.2, 0) is 0 Å². The Morgan fingerprint density at radius 2 is 2.40 bits per heavy atom. The molecule has 0 amide bonds. The number of hydrogen-bond acceptors (Lipinski definition) is 3. The Kier molecular flexibility index (Phi) is 2.50. The summed E-state index contributed by atoms with van der Waals surface area (Å²) >= 11 is 5.35. The fraction of sp³-hybridized carbons (Fsp3) is 0.364. The monoisotopic (exact) mass is 282 g/mol. The second-order valence-corrected chi connectivity index (χ2v) is 5.70. The zero-order chi connectivity index (χ0) is 10.3. The third-order valence-corrected chi connectivity index (χ3v) is 4.52. The minimum absolute atomic E-state index is 0.481. The maximum Gasteiger partial charge on any atom is 0.111 e. The number of benzene rings is 1. The summed E-state index contributed by atoms with van der Waals surface area (Å²) < 4.78 is 2.37. The molecule has 0 saturated carbocycles. The number of halogens is 1. The smallest absolute Gasteiger partial charge is 0.111 e. The van der Waals surface area contributed by atoms with E-state index in [0.29, 0.717) is 6.04 Å². The van der Waals surface area contributed by atoms with Gasteiger partial charge in [0.1, 0.15) is 5.01 Å². The molecule has 0 bridgehead atoms. The number of thiazole rings is 1. The van der Waals surface area contributed by atoms with Gasteiger partial charge in [-0.15, -0.1) is 11.3 Å². The van der Waals surface area contributed by atoms with Crippen molar-refractivity contribution in [3.05, 3.63) is 27.7 Å². The van der Waals surface area contributed by atoms with Crippen molar-refractivity contribution in [2.45, 2.75) is 18.9 Å². The van der Waals surface area contributed by atoms with E-state index < -0.39 is 0 Å². The minimum Gasteiger partial charge on any atom is -0.308 e. The van der Waals surface area contributed by atoms with E-state index in [9.17, 15) is 0 Å². The summed E-state index contributed by atoms with van der Waals surface area (Å²) in [5.41, 5.74) is 1.10. The number of para-hydroxylation sites is 1. The molecule has 1 atom stereocenters. The summed E-state index contributed by atoms with van der Waals surface area (Å²) in [6, 6.07) is 6.73. The van der Waals surface area contributed by atoms with Crippen LogP contribution in [0.5, 0.6) is 0 Å². The van der Waals surface area contributed by atoms with E-state index in [1.165, 1.54) is 22.5 Å². The maximum absolute atomic E-state index is 4.70. The van der Waals surface area contributed by atoms with E-state index in [1.807, 2.05) is 6.07 Å². The van der Waals surface area contributed by atoms with Crippen molar-refractivity contribution in [3.63, 3.8) is 0 Å². The highest BCUT2D eigenvalue weighted by Crippen LogP contribution is 2.33. The van der Waals surface area contributed by atoms with Crippen LogP contribution in [0, 0.1) is 0 Å². The number of rotatable bonds is 1. The highest BCUT2D eigenvalue weighted by atomic mass is 79.9. The first-order chi connectivity index (χ1) is 7.34. The summed E-state index contributed by atoms with van der Waals surface area (Å²) in [5.74, 6) is 0. The largest absolute Gasteiger partial charge is 0.308 e. The zero-order valence-corrected chi connectivity index (χ0v) is 10.6. The SMILES string of the molecule is Brc1cccc2sc(C3CCCN3)nc12. The Bertz CT molecular complexity index is 488. The first-order valence-corrected chi connectivity index (χ1v) is 6.74. The van der Waals surface area contributed by atoms with Gasteiger partial charge >= 0.3 is 0 Å². The molecule has 2 aromatic rings. The van der Waals surface area contributed by atoms with Gasteiger partial charge in [-0.25, -0.2) is 4.98 Å². The van der Waals surface area contributed by atoms with E-state index in [-0.39, 0.29) is 0 Å². The first kappa shape index (κ1) is 9.75. The van der Waals surface area contributed by atoms with Crippen LogP contribution in [0.1, 0.15) is 23.9 Å². The predicted molar refractivity (Wildman–Crippen MR) is 67.3 cm³/mol. The van der Waals surface area contributed by atoms with Crippen LogP contribution in [0.4, 0.5) is 0 Å². The highest BCUT2D eigenvalue weighted by molar-refractivity contribution is 9.10. The van der Waals surface area contributed by atoms with Crippen LogP contribution in [0.3, 0.4) is 0 Å². The second kappa shape index (κ2) is 3.85. The summed E-state index contributed by atoms with van der Waals surface area (Å²) in [7, 11) is 0. The fourth-order valence-electron chi connectivity index (χ4n) is 1.98. The minimum atomic E-state index is 0.481. The van der Waals surface area contributed by atoms with Gasteiger partial charge in [0.15, 0.2) is 0 Å². The molecule has 15 heavy (non-hydrogen) atoms. The van der Waals surface area contributed by atoms with Gasteiger partial charge < -0.3 is 5.32 Å². The van der Waals surface area contributed by atoms with Gasteiger partial charge in [-0.1, -0.05) is 6.07 Å². The predicted octanol–water partition coefficient (Wildman–Crippen LogP) is 3.48. The zero-order valence-electron chi connectivity index (χ0n) is 8.16. The molecule has 1 aromatic carbocycles. The van der Waals surface area contributed by atoms with Crippen LogP contribution in [0.25, 0.3) is 10.2 Å². The molecule has 4 heteroatoms. The Balaban J connectivity index is 2.09. The molecular weight excluding hydrogens is 272 g/mol. The lowest BCUT2D eigenvalue weighted by molar-refractivity contribution is 0.644. The Morgan fingerprint density at radius 3 is 3.13 bits per heavy atom. The lowest BCUT2D eigenvalue weighted by atomic mass is 10.2. The first-order valence-electron chi connectivity index (χ1n) is 5.13. The van der Waals surface area contributed by atoms with Gasteiger partial charge in [0.25, 0.3) is 0 Å². The van der Waals surface area contributed by atoms with Crippen molar-refractivity contribution in [3.8, 4) is 0 Å². The fourth-order valence-corrected chi connectivity index (χ4v) is 3.67. The second-order valence-electron chi connectivity index (χ2n) is 3.79. The van der Waals surface area contributed by atoms with E-state index in [1.54, 1.807) is 11.3 Å². The summed E-state index contributed by atoms with van der Waals surface area (Å²) in [6.45, 7) is 1.13. The van der Waals surface area contributed by atoms with Crippen LogP contribution in [0.15, 0.2) is 22.7 Å². The molecule has 78 valence electrons. The van der Waals surface area contributed by atoms with Crippen LogP contribution in [-0.4, -0.2) is 11.5 Å². The molecule has 1 aliphatic heterocycles. The number of hydrogen-bond donors (Lipinski definition) is 1. The van der Waals surface area contributed by atoms with E-state index >= 15 is 0 Å². The molecule has 3 rings (SSSR count). The molecule has 1 aromatic heterocycles. The average molecular weight is 283 g/mol. The molecule has 1 unspecified atom stereocenters. The van der Waals surface area contributed by atoms with Crippen molar-refractivity contribution in [2.24, 2.45) is 0 Å². The Morgan fingerprint density at radius 1 is 1.47 bits per heavy atom. The van der Waals surface area contributed by atoms with E-state index in [2.05, 4.69) is 33.4 Å². The van der Waals surface area contributed by atoms with E-state index in [0.717, 1.165) is 16.5 Å². The topological polar surface area (TPSA) is 24.9 Å². The summed E-state index contributed by atoms with van der Waals surface area (Å²) in [6.07, 6.45) is 2.49. The molecular formula is C11H11BrN2S. The van der Waals surface area contributed by atoms with Crippen molar-refractivity contribution in [2.75, 3.05) is 6.54 Å². The molecule has 1 aliphatic rings. The highest BCUT2D eigenvalue weighted by Gasteiger charge is 2.20. The average Bonchev–Trinajstić information content (AvgIpc) is 2.86. The molecule has 0 spiro atoms. The van der Waals surface area contributed by atoms with Crippen molar-refractivity contribution >= 4 is 37.5 Å². The van der Waals surface area contributed by atoms with Gasteiger partial charge in [-0.2, -0.15) is 0 Å². The van der Waals surface area contributed by atoms with Crippen molar-refractivity contribution in [1.29, 1.82) is 0 Å². The van der Waals surface area contributed by atoms with Gasteiger partial charge in [0, 0.05) is 4.47 Å². The molecule has 0 aliphatic carbocycles. The third-order valence-electron chi connectivity index (χ3n) is 2.74. The Labute approximate surface area is 101 Å². The van der Waals surface area contributed by atoms with Gasteiger partial charge in [0.05, 0.1) is 16.3 Å². The molecule has 1 N–H and O–H groups in total. The number of aromatic nitrogens is 1. The van der Waals surface area contributed by atoms with Crippen LogP contribution in [0.2, 0.25) is 0 Å². The van der Waals surface area contributed by atoms with E-state index in [4.69, 9.17) is 4.98 Å². The standard InChI is InChI=1S/C11H11BrN2S/c12-7-3-1-5-9-10(7)14-11(15-9)8-4-2-6-13-8/h1,3,5,8,13H,2,4,6H2. The van der Waals surface area contributed by atoms with Crippen molar-refractivity contribution < 1.29 is 0 Å². The number of fused-ring (bicyclic) bond motifs is 1. The van der Waals surface area contributed by atoms with Crippen molar-refractivity contribution in [1.82, 2.24) is 10.3 Å². The quantitative estimate of drug-likeness (QED) is 0.866. The number of nitrogens with zero attached hydrogens (tertiary/aromatic N) is 1. The van der Waals surface area contributed by atoms with Gasteiger partial charge in [-0.3, -0.25) is 0 Å². The normalized spacial score (nSPS) is 21.3. The molecule has 1 fully saturated rings. The molecule has 2 heterocycles. The lowest BCUT2D eigenvalue weighted by Gasteiger charge is -2.03. The third kappa shape index (κ3) is 1.71. The Hall–Kier alpha value is -0.450. The lowest BCUT2D eigenvalue weighted by Crippen LogP contribution is -2.12. The summed E-state index contributed by atoms with van der Waals surface area (Å²) in [4.78, 5) is 4.70. The van der Waals surface area contributed by atoms with Crippen LogP contribution < -0.4 is 5.32 Å². The molecule has 1 saturated heterocycles. The van der Waals surface area contributed by atoms with Crippen LogP contribution >= 0.6 is 27.3 Å². The molecule has 0 radical (unpaired) electrons. The number of nitrogens with one attached hydrogen (secondary N) is 1. The van der Waals surface area contributed by atoms with Gasteiger partial charge in [-0.05, 0) is 47.4 Å². The molecule has 2 nitrogen and oxygen atoms in total. The summed E-state index contributed by atoms with van der Waals surface area (Å²) in [5, 5.41) is 4.72. The van der Waals surface area contributed by atoms with Gasteiger partial charge in [0.2, 0.25) is 0 Å². The maximum atomic E-state index is 4.70.